The monoisotopic (exact) mass is 313 g/mol. The van der Waals surface area contributed by atoms with Gasteiger partial charge < -0.3 is 16.0 Å². The topological polar surface area (TPSA) is 70.2 Å². The van der Waals surface area contributed by atoms with E-state index in [4.69, 9.17) is 11.6 Å². The fraction of sp³-hybridized carbons (Fsp3) is 0.385. The minimum atomic E-state index is -0.188. The van der Waals surface area contributed by atoms with Crippen molar-refractivity contribution in [2.75, 3.05) is 28.7 Å². The van der Waals surface area contributed by atoms with Crippen LogP contribution in [-0.2, 0) is 9.59 Å². The first-order chi connectivity index (χ1) is 9.56. The molecule has 1 fully saturated rings. The first-order valence-corrected chi connectivity index (χ1v) is 7.78. The summed E-state index contributed by atoms with van der Waals surface area (Å²) in [6, 6.07) is 4.83. The molecule has 0 saturated carbocycles. The van der Waals surface area contributed by atoms with Gasteiger partial charge in [0.2, 0.25) is 11.8 Å². The second-order valence-corrected chi connectivity index (χ2v) is 6.00. The van der Waals surface area contributed by atoms with Crippen LogP contribution in [0.15, 0.2) is 18.2 Å². The van der Waals surface area contributed by atoms with E-state index in [1.54, 1.807) is 30.0 Å². The first-order valence-electron chi connectivity index (χ1n) is 6.25. The predicted octanol–water partition coefficient (Wildman–Crippen LogP) is 1.94. The number of carbonyl (C=O) groups is 2. The van der Waals surface area contributed by atoms with Crippen molar-refractivity contribution < 1.29 is 9.59 Å². The van der Waals surface area contributed by atoms with E-state index >= 15 is 0 Å². The Labute approximate surface area is 126 Å². The van der Waals surface area contributed by atoms with Crippen molar-refractivity contribution in [2.24, 2.45) is 0 Å². The number of nitrogens with one attached hydrogen (secondary N) is 3. The molecule has 1 aromatic carbocycles. The van der Waals surface area contributed by atoms with E-state index in [1.165, 1.54) is 6.92 Å². The summed E-state index contributed by atoms with van der Waals surface area (Å²) in [5, 5.41) is 9.00. The van der Waals surface area contributed by atoms with Gasteiger partial charge in [-0.05, 0) is 18.2 Å². The first kappa shape index (κ1) is 15.2. The molecule has 108 valence electrons. The van der Waals surface area contributed by atoms with Gasteiger partial charge in [-0.25, -0.2) is 0 Å². The second kappa shape index (κ2) is 6.97. The zero-order chi connectivity index (χ0) is 14.5. The second-order valence-electron chi connectivity index (χ2n) is 4.45. The average Bonchev–Trinajstić information content (AvgIpc) is 2.42. The number of rotatable bonds is 3. The highest BCUT2D eigenvalue weighted by molar-refractivity contribution is 7.99. The van der Waals surface area contributed by atoms with E-state index < -0.39 is 0 Å². The fourth-order valence-electron chi connectivity index (χ4n) is 1.85. The summed E-state index contributed by atoms with van der Waals surface area (Å²) in [5.41, 5.74) is 1.15. The molecule has 0 bridgehead atoms. The van der Waals surface area contributed by atoms with Crippen LogP contribution in [0.1, 0.15) is 6.92 Å². The molecule has 20 heavy (non-hydrogen) atoms. The smallest absolute Gasteiger partial charge is 0.242 e. The van der Waals surface area contributed by atoms with Crippen LogP contribution >= 0.6 is 23.4 Å². The normalized spacial score (nSPS) is 18.4. The number of halogens is 1. The van der Waals surface area contributed by atoms with Gasteiger partial charge in [-0.1, -0.05) is 11.6 Å². The minimum absolute atomic E-state index is 0.0689. The summed E-state index contributed by atoms with van der Waals surface area (Å²) in [7, 11) is 0. The van der Waals surface area contributed by atoms with Gasteiger partial charge in [0.1, 0.15) is 0 Å². The molecule has 1 unspecified atom stereocenters. The maximum Gasteiger partial charge on any atom is 0.242 e. The van der Waals surface area contributed by atoms with Crippen LogP contribution in [0, 0.1) is 0 Å². The molecule has 7 heteroatoms. The summed E-state index contributed by atoms with van der Waals surface area (Å²) in [4.78, 5) is 23.0. The largest absolute Gasteiger partial charge is 0.325 e. The standard InChI is InChI=1S/C13H16ClN3O2S/c1-8(18)16-11-3-2-9(6-10(11)14)17-13(19)12-7-20-5-4-15-12/h2-3,6,12,15H,4-5,7H2,1H3,(H,16,18)(H,17,19). The Morgan fingerprint density at radius 3 is 2.80 bits per heavy atom. The van der Waals surface area contributed by atoms with Crippen LogP contribution in [0.4, 0.5) is 11.4 Å². The Morgan fingerprint density at radius 1 is 1.40 bits per heavy atom. The van der Waals surface area contributed by atoms with Crippen LogP contribution in [0.2, 0.25) is 5.02 Å². The molecule has 1 heterocycles. The lowest BCUT2D eigenvalue weighted by Gasteiger charge is -2.22. The lowest BCUT2D eigenvalue weighted by molar-refractivity contribution is -0.117. The lowest BCUT2D eigenvalue weighted by atomic mass is 10.2. The van der Waals surface area contributed by atoms with Gasteiger partial charge in [-0.15, -0.1) is 0 Å². The minimum Gasteiger partial charge on any atom is -0.325 e. The van der Waals surface area contributed by atoms with Gasteiger partial charge in [-0.3, -0.25) is 9.59 Å². The van der Waals surface area contributed by atoms with E-state index in [1.807, 2.05) is 0 Å². The molecule has 2 rings (SSSR count). The number of amides is 2. The number of thioether (sulfide) groups is 1. The highest BCUT2D eigenvalue weighted by atomic mass is 35.5. The van der Waals surface area contributed by atoms with E-state index in [0.717, 1.165) is 18.1 Å². The van der Waals surface area contributed by atoms with Crippen LogP contribution in [-0.4, -0.2) is 35.9 Å². The van der Waals surface area contributed by atoms with Crippen molar-refractivity contribution in [1.29, 1.82) is 0 Å². The maximum absolute atomic E-state index is 12.0. The SMILES string of the molecule is CC(=O)Nc1ccc(NC(=O)C2CSCCN2)cc1Cl. The molecule has 1 aliphatic rings. The van der Waals surface area contributed by atoms with Crippen LogP contribution < -0.4 is 16.0 Å². The molecule has 3 N–H and O–H groups in total. The number of hydrogen-bond acceptors (Lipinski definition) is 4. The summed E-state index contributed by atoms with van der Waals surface area (Å²) < 4.78 is 0. The molecule has 1 aromatic rings. The summed E-state index contributed by atoms with van der Waals surface area (Å²) in [6.45, 7) is 2.25. The summed E-state index contributed by atoms with van der Waals surface area (Å²) in [6.07, 6.45) is 0. The van der Waals surface area contributed by atoms with Gasteiger partial charge in [0.15, 0.2) is 0 Å². The summed E-state index contributed by atoms with van der Waals surface area (Å²) in [5.74, 6) is 1.54. The Hall–Kier alpha value is -1.24. The third-order valence-electron chi connectivity index (χ3n) is 2.79. The van der Waals surface area contributed by atoms with E-state index in [9.17, 15) is 9.59 Å². The Balaban J connectivity index is 2.00. The molecule has 0 spiro atoms. The number of hydrogen-bond donors (Lipinski definition) is 3. The van der Waals surface area contributed by atoms with Crippen LogP contribution in [0.3, 0.4) is 0 Å². The zero-order valence-electron chi connectivity index (χ0n) is 11.0. The van der Waals surface area contributed by atoms with Crippen LogP contribution in [0.25, 0.3) is 0 Å². The average molecular weight is 314 g/mol. The number of benzene rings is 1. The van der Waals surface area contributed by atoms with Crippen molar-refractivity contribution in [3.8, 4) is 0 Å². The predicted molar refractivity (Wildman–Crippen MR) is 83.5 cm³/mol. The van der Waals surface area contributed by atoms with Crippen molar-refractivity contribution in [3.63, 3.8) is 0 Å². The molecule has 5 nitrogen and oxygen atoms in total. The number of carbonyl (C=O) groups excluding carboxylic acids is 2. The quantitative estimate of drug-likeness (QED) is 0.797. The molecule has 0 radical (unpaired) electrons. The summed E-state index contributed by atoms with van der Waals surface area (Å²) >= 11 is 7.81. The molecule has 1 saturated heterocycles. The highest BCUT2D eigenvalue weighted by Crippen LogP contribution is 2.25. The third kappa shape index (κ3) is 4.13. The molecule has 2 amide bonds. The van der Waals surface area contributed by atoms with E-state index in [0.29, 0.717) is 16.4 Å². The highest BCUT2D eigenvalue weighted by Gasteiger charge is 2.21. The van der Waals surface area contributed by atoms with Crippen molar-refractivity contribution in [2.45, 2.75) is 13.0 Å². The molecular weight excluding hydrogens is 298 g/mol. The van der Waals surface area contributed by atoms with E-state index in [2.05, 4.69) is 16.0 Å². The number of anilines is 2. The molecule has 1 atom stereocenters. The van der Waals surface area contributed by atoms with Gasteiger partial charge in [0.05, 0.1) is 16.8 Å². The van der Waals surface area contributed by atoms with Gasteiger partial charge in [0, 0.05) is 30.7 Å². The fourth-order valence-corrected chi connectivity index (χ4v) is 3.01. The Kier molecular flexibility index (Phi) is 5.28. The third-order valence-corrected chi connectivity index (χ3v) is 4.16. The van der Waals surface area contributed by atoms with Gasteiger partial charge in [-0.2, -0.15) is 11.8 Å². The van der Waals surface area contributed by atoms with Gasteiger partial charge in [0.25, 0.3) is 0 Å². The van der Waals surface area contributed by atoms with Gasteiger partial charge >= 0.3 is 0 Å². The van der Waals surface area contributed by atoms with Crippen molar-refractivity contribution in [3.05, 3.63) is 23.2 Å². The van der Waals surface area contributed by atoms with Crippen LogP contribution in [0.5, 0.6) is 0 Å². The molecule has 1 aliphatic heterocycles. The van der Waals surface area contributed by atoms with Crippen molar-refractivity contribution >= 4 is 46.6 Å². The Bertz CT molecular complexity index is 518. The lowest BCUT2D eigenvalue weighted by Crippen LogP contribution is -2.46. The molecule has 0 aromatic heterocycles. The molecular formula is C13H16ClN3O2S. The van der Waals surface area contributed by atoms with E-state index in [-0.39, 0.29) is 17.9 Å². The zero-order valence-corrected chi connectivity index (χ0v) is 12.6. The molecule has 0 aliphatic carbocycles. The Morgan fingerprint density at radius 2 is 2.20 bits per heavy atom. The van der Waals surface area contributed by atoms with Crippen molar-refractivity contribution in [1.82, 2.24) is 5.32 Å². The maximum atomic E-state index is 12.0.